The van der Waals surface area contributed by atoms with Crippen molar-refractivity contribution in [2.75, 3.05) is 26.6 Å². The monoisotopic (exact) mass is 224 g/mol. The SMILES string of the molecule is CNC(=O)Nc1cc(OC)c(C)cc1OC. The number of aryl methyl sites for hydroxylation is 1. The molecule has 0 heterocycles. The Hall–Kier alpha value is -1.91. The molecule has 0 aliphatic carbocycles. The largest absolute Gasteiger partial charge is 0.496 e. The third kappa shape index (κ3) is 2.56. The van der Waals surface area contributed by atoms with Crippen LogP contribution in [0.1, 0.15) is 5.56 Å². The molecular formula is C11H16N2O3. The Kier molecular flexibility index (Phi) is 3.99. The Morgan fingerprint density at radius 1 is 1.19 bits per heavy atom. The number of amides is 2. The van der Waals surface area contributed by atoms with Crippen molar-refractivity contribution in [3.63, 3.8) is 0 Å². The van der Waals surface area contributed by atoms with Crippen LogP contribution in [0.25, 0.3) is 0 Å². The molecule has 88 valence electrons. The molecule has 0 aliphatic heterocycles. The number of hydrogen-bond donors (Lipinski definition) is 2. The van der Waals surface area contributed by atoms with E-state index < -0.39 is 0 Å². The van der Waals surface area contributed by atoms with Gasteiger partial charge in [-0.25, -0.2) is 4.79 Å². The fourth-order valence-electron chi connectivity index (χ4n) is 1.33. The normalized spacial score (nSPS) is 9.50. The summed E-state index contributed by atoms with van der Waals surface area (Å²) in [5.74, 6) is 1.30. The predicted octanol–water partition coefficient (Wildman–Crippen LogP) is 1.76. The first-order valence-corrected chi connectivity index (χ1v) is 4.83. The molecule has 0 aromatic heterocycles. The average molecular weight is 224 g/mol. The second-order valence-corrected chi connectivity index (χ2v) is 3.23. The van der Waals surface area contributed by atoms with Gasteiger partial charge < -0.3 is 20.1 Å². The van der Waals surface area contributed by atoms with Gasteiger partial charge in [-0.05, 0) is 18.6 Å². The van der Waals surface area contributed by atoms with Crippen molar-refractivity contribution >= 4 is 11.7 Å². The Labute approximate surface area is 94.7 Å². The fourth-order valence-corrected chi connectivity index (χ4v) is 1.33. The minimum Gasteiger partial charge on any atom is -0.496 e. The Morgan fingerprint density at radius 2 is 1.81 bits per heavy atom. The predicted molar refractivity (Wildman–Crippen MR) is 62.4 cm³/mol. The van der Waals surface area contributed by atoms with Crippen molar-refractivity contribution in [3.8, 4) is 11.5 Å². The van der Waals surface area contributed by atoms with E-state index in [2.05, 4.69) is 10.6 Å². The van der Waals surface area contributed by atoms with Crippen LogP contribution < -0.4 is 20.1 Å². The molecule has 0 radical (unpaired) electrons. The Balaban J connectivity index is 3.09. The zero-order valence-electron chi connectivity index (χ0n) is 9.88. The number of ether oxygens (including phenoxy) is 2. The van der Waals surface area contributed by atoms with Crippen molar-refractivity contribution in [3.05, 3.63) is 17.7 Å². The maximum absolute atomic E-state index is 11.2. The molecule has 0 bridgehead atoms. The summed E-state index contributed by atoms with van der Waals surface area (Å²) in [6.45, 7) is 1.91. The van der Waals surface area contributed by atoms with E-state index in [1.165, 1.54) is 0 Å². The lowest BCUT2D eigenvalue weighted by atomic mass is 10.2. The second-order valence-electron chi connectivity index (χ2n) is 3.23. The van der Waals surface area contributed by atoms with Gasteiger partial charge >= 0.3 is 6.03 Å². The van der Waals surface area contributed by atoms with E-state index in [0.29, 0.717) is 17.2 Å². The molecule has 1 aromatic carbocycles. The van der Waals surface area contributed by atoms with E-state index >= 15 is 0 Å². The van der Waals surface area contributed by atoms with Gasteiger partial charge in [0.05, 0.1) is 19.9 Å². The zero-order valence-corrected chi connectivity index (χ0v) is 9.88. The van der Waals surface area contributed by atoms with Crippen LogP contribution in [0, 0.1) is 6.92 Å². The van der Waals surface area contributed by atoms with Crippen LogP contribution in [0.3, 0.4) is 0 Å². The van der Waals surface area contributed by atoms with Gasteiger partial charge in [-0.1, -0.05) is 0 Å². The minimum absolute atomic E-state index is 0.302. The first kappa shape index (κ1) is 12.2. The topological polar surface area (TPSA) is 59.6 Å². The van der Waals surface area contributed by atoms with Gasteiger partial charge in [0, 0.05) is 13.1 Å². The number of urea groups is 1. The fraction of sp³-hybridized carbons (Fsp3) is 0.364. The van der Waals surface area contributed by atoms with E-state index in [4.69, 9.17) is 9.47 Å². The first-order chi connectivity index (χ1) is 7.62. The van der Waals surface area contributed by atoms with Gasteiger partial charge in [0.1, 0.15) is 11.5 Å². The minimum atomic E-state index is -0.302. The summed E-state index contributed by atoms with van der Waals surface area (Å²) in [5, 5.41) is 5.13. The van der Waals surface area contributed by atoms with E-state index in [-0.39, 0.29) is 6.03 Å². The number of methoxy groups -OCH3 is 2. The molecule has 2 N–H and O–H groups in total. The number of carbonyl (C=O) groups is 1. The van der Waals surface area contributed by atoms with E-state index in [1.807, 2.05) is 13.0 Å². The number of anilines is 1. The quantitative estimate of drug-likeness (QED) is 0.822. The molecule has 5 nitrogen and oxygen atoms in total. The van der Waals surface area contributed by atoms with Gasteiger partial charge in [-0.3, -0.25) is 0 Å². The molecule has 0 spiro atoms. The van der Waals surface area contributed by atoms with Crippen molar-refractivity contribution < 1.29 is 14.3 Å². The van der Waals surface area contributed by atoms with Crippen molar-refractivity contribution in [1.82, 2.24) is 5.32 Å². The van der Waals surface area contributed by atoms with Crippen LogP contribution in [0.2, 0.25) is 0 Å². The number of nitrogens with one attached hydrogen (secondary N) is 2. The highest BCUT2D eigenvalue weighted by Crippen LogP contribution is 2.32. The third-order valence-corrected chi connectivity index (χ3v) is 2.19. The number of rotatable bonds is 3. The Bertz CT molecular complexity index is 391. The highest BCUT2D eigenvalue weighted by atomic mass is 16.5. The average Bonchev–Trinajstić information content (AvgIpc) is 2.30. The highest BCUT2D eigenvalue weighted by molar-refractivity contribution is 5.91. The number of carbonyl (C=O) groups excluding carboxylic acids is 1. The maximum Gasteiger partial charge on any atom is 0.319 e. The summed E-state index contributed by atoms with van der Waals surface area (Å²) in [6.07, 6.45) is 0. The van der Waals surface area contributed by atoms with Crippen LogP contribution in [0.4, 0.5) is 10.5 Å². The summed E-state index contributed by atoms with van der Waals surface area (Å²) in [7, 11) is 4.68. The van der Waals surface area contributed by atoms with Gasteiger partial charge in [-0.15, -0.1) is 0 Å². The van der Waals surface area contributed by atoms with Gasteiger partial charge in [0.15, 0.2) is 0 Å². The van der Waals surface area contributed by atoms with E-state index in [0.717, 1.165) is 5.56 Å². The number of hydrogen-bond acceptors (Lipinski definition) is 3. The molecule has 0 saturated carbocycles. The Morgan fingerprint density at radius 3 is 2.31 bits per heavy atom. The molecule has 0 fully saturated rings. The molecular weight excluding hydrogens is 208 g/mol. The van der Waals surface area contributed by atoms with Crippen molar-refractivity contribution in [1.29, 1.82) is 0 Å². The lowest BCUT2D eigenvalue weighted by molar-refractivity contribution is 0.254. The molecule has 0 saturated heterocycles. The van der Waals surface area contributed by atoms with Crippen LogP contribution in [0.15, 0.2) is 12.1 Å². The molecule has 5 heteroatoms. The molecule has 0 unspecified atom stereocenters. The second kappa shape index (κ2) is 5.25. The van der Waals surface area contributed by atoms with Crippen LogP contribution in [0.5, 0.6) is 11.5 Å². The molecule has 1 rings (SSSR count). The van der Waals surface area contributed by atoms with Crippen LogP contribution in [-0.4, -0.2) is 27.3 Å². The molecule has 1 aromatic rings. The summed E-state index contributed by atoms with van der Waals surface area (Å²) in [6, 6.07) is 3.23. The lowest BCUT2D eigenvalue weighted by Gasteiger charge is -2.13. The summed E-state index contributed by atoms with van der Waals surface area (Å²) in [5.41, 5.74) is 1.52. The first-order valence-electron chi connectivity index (χ1n) is 4.83. The van der Waals surface area contributed by atoms with Gasteiger partial charge in [-0.2, -0.15) is 0 Å². The van der Waals surface area contributed by atoms with E-state index in [9.17, 15) is 4.79 Å². The smallest absolute Gasteiger partial charge is 0.319 e. The molecule has 0 aliphatic rings. The van der Waals surface area contributed by atoms with Crippen LogP contribution in [-0.2, 0) is 0 Å². The maximum atomic E-state index is 11.2. The molecule has 2 amide bonds. The van der Waals surface area contributed by atoms with Crippen LogP contribution >= 0.6 is 0 Å². The standard InChI is InChI=1S/C11H16N2O3/c1-7-5-10(16-4)8(6-9(7)15-3)13-11(14)12-2/h5-6H,1-4H3,(H2,12,13,14). The summed E-state index contributed by atoms with van der Waals surface area (Å²) < 4.78 is 10.3. The highest BCUT2D eigenvalue weighted by Gasteiger charge is 2.10. The third-order valence-electron chi connectivity index (χ3n) is 2.19. The van der Waals surface area contributed by atoms with Crippen molar-refractivity contribution in [2.45, 2.75) is 6.92 Å². The van der Waals surface area contributed by atoms with Gasteiger partial charge in [0.25, 0.3) is 0 Å². The van der Waals surface area contributed by atoms with Crippen molar-refractivity contribution in [2.24, 2.45) is 0 Å². The molecule has 0 atom stereocenters. The summed E-state index contributed by atoms with van der Waals surface area (Å²) >= 11 is 0. The lowest BCUT2D eigenvalue weighted by Crippen LogP contribution is -2.24. The molecule has 16 heavy (non-hydrogen) atoms. The zero-order chi connectivity index (χ0) is 12.1. The number of benzene rings is 1. The van der Waals surface area contributed by atoms with E-state index in [1.54, 1.807) is 27.3 Å². The van der Waals surface area contributed by atoms with Gasteiger partial charge in [0.2, 0.25) is 0 Å². The summed E-state index contributed by atoms with van der Waals surface area (Å²) in [4.78, 5) is 11.2.